The number of nitrogens with zero attached hydrogens (tertiary/aromatic N) is 1. The summed E-state index contributed by atoms with van der Waals surface area (Å²) in [5.41, 5.74) is 7.55. The van der Waals surface area contributed by atoms with E-state index in [1.807, 2.05) is 30.3 Å². The Labute approximate surface area is 105 Å². The number of nitrogens with one attached hydrogen (secondary N) is 1. The van der Waals surface area contributed by atoms with Gasteiger partial charge >= 0.3 is 0 Å². The number of hydrogen-bond acceptors (Lipinski definition) is 4. The molecule has 0 saturated heterocycles. The van der Waals surface area contributed by atoms with E-state index < -0.39 is 6.04 Å². The molecule has 0 saturated carbocycles. The molecular weight excluding hydrogens is 230 g/mol. The largest absolute Gasteiger partial charge is 0.364 e. The maximum atomic E-state index is 11.7. The predicted octanol–water partition coefficient (Wildman–Crippen LogP) is 0.861. The first kappa shape index (κ1) is 12.3. The fourth-order valence-electron chi connectivity index (χ4n) is 1.60. The van der Waals surface area contributed by atoms with Crippen molar-refractivity contribution >= 4 is 5.91 Å². The zero-order chi connectivity index (χ0) is 12.8. The Hall–Kier alpha value is -2.14. The standard InChI is InChI=1S/C13H15N3O2/c14-12(8-10-4-2-1-3-5-10)13(17)15-9-11-6-7-18-16-11/h1-7,12H,8-9,14H2,(H,15,17). The van der Waals surface area contributed by atoms with Crippen molar-refractivity contribution in [1.29, 1.82) is 0 Å². The summed E-state index contributed by atoms with van der Waals surface area (Å²) in [5.74, 6) is -0.193. The summed E-state index contributed by atoms with van der Waals surface area (Å²) >= 11 is 0. The van der Waals surface area contributed by atoms with Crippen LogP contribution in [0, 0.1) is 0 Å². The summed E-state index contributed by atoms with van der Waals surface area (Å²) in [6, 6.07) is 10.8. The van der Waals surface area contributed by atoms with Crippen LogP contribution in [-0.4, -0.2) is 17.1 Å². The maximum absolute atomic E-state index is 11.7. The molecule has 1 heterocycles. The second kappa shape index (κ2) is 5.97. The molecule has 0 aliphatic carbocycles. The van der Waals surface area contributed by atoms with E-state index in [9.17, 15) is 4.79 Å². The van der Waals surface area contributed by atoms with Crippen molar-refractivity contribution in [3.05, 3.63) is 53.9 Å². The highest BCUT2D eigenvalue weighted by Gasteiger charge is 2.13. The van der Waals surface area contributed by atoms with Crippen LogP contribution in [0.3, 0.4) is 0 Å². The number of carbonyl (C=O) groups is 1. The van der Waals surface area contributed by atoms with Crippen LogP contribution in [0.4, 0.5) is 0 Å². The molecule has 3 N–H and O–H groups in total. The van der Waals surface area contributed by atoms with Gasteiger partial charge in [-0.3, -0.25) is 4.79 Å². The molecule has 0 aliphatic rings. The van der Waals surface area contributed by atoms with Crippen molar-refractivity contribution in [2.45, 2.75) is 19.0 Å². The number of benzene rings is 1. The molecule has 1 amide bonds. The monoisotopic (exact) mass is 245 g/mol. The van der Waals surface area contributed by atoms with Crippen molar-refractivity contribution in [1.82, 2.24) is 10.5 Å². The summed E-state index contributed by atoms with van der Waals surface area (Å²) < 4.78 is 4.67. The fourth-order valence-corrected chi connectivity index (χ4v) is 1.60. The molecule has 2 rings (SSSR count). The molecule has 1 atom stereocenters. The molecule has 5 heteroatoms. The Kier molecular flexibility index (Phi) is 4.09. The van der Waals surface area contributed by atoms with Gasteiger partial charge in [-0.2, -0.15) is 0 Å². The van der Waals surface area contributed by atoms with E-state index in [2.05, 4.69) is 15.0 Å². The van der Waals surface area contributed by atoms with Gasteiger partial charge in [0.2, 0.25) is 5.91 Å². The summed E-state index contributed by atoms with van der Waals surface area (Å²) in [6.45, 7) is 0.331. The molecule has 2 aromatic rings. The normalized spacial score (nSPS) is 12.1. The minimum atomic E-state index is -0.556. The molecule has 0 radical (unpaired) electrons. The molecule has 0 spiro atoms. The Morgan fingerprint density at radius 2 is 2.11 bits per heavy atom. The van der Waals surface area contributed by atoms with Gasteiger partial charge in [-0.25, -0.2) is 0 Å². The minimum Gasteiger partial charge on any atom is -0.364 e. The molecule has 1 aromatic carbocycles. The number of aromatic nitrogens is 1. The number of carbonyl (C=O) groups excluding carboxylic acids is 1. The third-order valence-corrected chi connectivity index (χ3v) is 2.57. The predicted molar refractivity (Wildman–Crippen MR) is 66.5 cm³/mol. The first-order valence-electron chi connectivity index (χ1n) is 5.72. The number of amides is 1. The fraction of sp³-hybridized carbons (Fsp3) is 0.231. The van der Waals surface area contributed by atoms with E-state index in [1.54, 1.807) is 6.07 Å². The maximum Gasteiger partial charge on any atom is 0.237 e. The third kappa shape index (κ3) is 3.43. The van der Waals surface area contributed by atoms with Gasteiger partial charge in [0, 0.05) is 6.07 Å². The zero-order valence-electron chi connectivity index (χ0n) is 9.87. The van der Waals surface area contributed by atoms with Gasteiger partial charge in [0.1, 0.15) is 12.0 Å². The van der Waals surface area contributed by atoms with E-state index in [0.29, 0.717) is 18.7 Å². The molecule has 0 bridgehead atoms. The Bertz CT molecular complexity index is 482. The van der Waals surface area contributed by atoms with Gasteiger partial charge in [0.25, 0.3) is 0 Å². The van der Waals surface area contributed by atoms with E-state index in [1.165, 1.54) is 6.26 Å². The lowest BCUT2D eigenvalue weighted by Gasteiger charge is -2.11. The van der Waals surface area contributed by atoms with Gasteiger partial charge in [0.15, 0.2) is 0 Å². The van der Waals surface area contributed by atoms with Crippen LogP contribution in [-0.2, 0) is 17.8 Å². The van der Waals surface area contributed by atoms with Gasteiger partial charge < -0.3 is 15.6 Å². The lowest BCUT2D eigenvalue weighted by molar-refractivity contribution is -0.122. The number of nitrogens with two attached hydrogens (primary N) is 1. The smallest absolute Gasteiger partial charge is 0.237 e. The van der Waals surface area contributed by atoms with Gasteiger partial charge in [0.05, 0.1) is 12.6 Å². The van der Waals surface area contributed by atoms with E-state index in [4.69, 9.17) is 5.73 Å². The highest BCUT2D eigenvalue weighted by molar-refractivity contribution is 5.81. The summed E-state index contributed by atoms with van der Waals surface area (Å²) in [7, 11) is 0. The Morgan fingerprint density at radius 1 is 1.33 bits per heavy atom. The molecule has 1 unspecified atom stereocenters. The Balaban J connectivity index is 1.82. The highest BCUT2D eigenvalue weighted by atomic mass is 16.5. The van der Waals surface area contributed by atoms with E-state index in [-0.39, 0.29) is 5.91 Å². The van der Waals surface area contributed by atoms with Crippen LogP contribution in [0.1, 0.15) is 11.3 Å². The molecule has 0 aliphatic heterocycles. The van der Waals surface area contributed by atoms with Crippen molar-refractivity contribution in [3.8, 4) is 0 Å². The minimum absolute atomic E-state index is 0.193. The SMILES string of the molecule is NC(Cc1ccccc1)C(=O)NCc1ccon1. The second-order valence-corrected chi connectivity index (χ2v) is 4.00. The zero-order valence-corrected chi connectivity index (χ0v) is 9.87. The number of rotatable bonds is 5. The van der Waals surface area contributed by atoms with Crippen molar-refractivity contribution in [3.63, 3.8) is 0 Å². The second-order valence-electron chi connectivity index (χ2n) is 4.00. The first-order chi connectivity index (χ1) is 8.75. The van der Waals surface area contributed by atoms with Crippen LogP contribution in [0.2, 0.25) is 0 Å². The van der Waals surface area contributed by atoms with E-state index in [0.717, 1.165) is 5.56 Å². The molecule has 5 nitrogen and oxygen atoms in total. The van der Waals surface area contributed by atoms with E-state index >= 15 is 0 Å². The van der Waals surface area contributed by atoms with Crippen LogP contribution < -0.4 is 11.1 Å². The van der Waals surface area contributed by atoms with Gasteiger partial charge in [-0.05, 0) is 12.0 Å². The average Bonchev–Trinajstić information content (AvgIpc) is 2.90. The third-order valence-electron chi connectivity index (χ3n) is 2.57. The lowest BCUT2D eigenvalue weighted by Crippen LogP contribution is -2.41. The molecule has 18 heavy (non-hydrogen) atoms. The summed E-state index contributed by atoms with van der Waals surface area (Å²) in [6.07, 6.45) is 1.98. The van der Waals surface area contributed by atoms with Crippen LogP contribution in [0.15, 0.2) is 47.2 Å². The first-order valence-corrected chi connectivity index (χ1v) is 5.72. The van der Waals surface area contributed by atoms with Crippen molar-refractivity contribution in [2.75, 3.05) is 0 Å². The number of hydrogen-bond donors (Lipinski definition) is 2. The Morgan fingerprint density at radius 3 is 2.78 bits per heavy atom. The lowest BCUT2D eigenvalue weighted by atomic mass is 10.1. The topological polar surface area (TPSA) is 81.2 Å². The quantitative estimate of drug-likeness (QED) is 0.818. The van der Waals surface area contributed by atoms with Crippen LogP contribution >= 0.6 is 0 Å². The highest BCUT2D eigenvalue weighted by Crippen LogP contribution is 2.02. The average molecular weight is 245 g/mol. The molecule has 94 valence electrons. The summed E-state index contributed by atoms with van der Waals surface area (Å²) in [4.78, 5) is 11.7. The van der Waals surface area contributed by atoms with Crippen molar-refractivity contribution in [2.24, 2.45) is 5.73 Å². The summed E-state index contributed by atoms with van der Waals surface area (Å²) in [5, 5.41) is 6.42. The van der Waals surface area contributed by atoms with Crippen molar-refractivity contribution < 1.29 is 9.32 Å². The van der Waals surface area contributed by atoms with Gasteiger partial charge in [-0.1, -0.05) is 35.5 Å². The molecule has 1 aromatic heterocycles. The molecular formula is C13H15N3O2. The van der Waals surface area contributed by atoms with Gasteiger partial charge in [-0.15, -0.1) is 0 Å². The molecule has 0 fully saturated rings. The van der Waals surface area contributed by atoms with Crippen LogP contribution in [0.25, 0.3) is 0 Å². The van der Waals surface area contributed by atoms with Crippen LogP contribution in [0.5, 0.6) is 0 Å².